The summed E-state index contributed by atoms with van der Waals surface area (Å²) in [4.78, 5) is 12.4. The average Bonchev–Trinajstić information content (AvgIpc) is 3.00. The van der Waals surface area contributed by atoms with E-state index in [1.807, 2.05) is 12.1 Å². The molecule has 0 spiro atoms. The van der Waals surface area contributed by atoms with Crippen molar-refractivity contribution in [2.45, 2.75) is 19.1 Å². The molecule has 1 unspecified atom stereocenters. The molecule has 1 aliphatic heterocycles. The van der Waals surface area contributed by atoms with Gasteiger partial charge in [-0.1, -0.05) is 0 Å². The van der Waals surface area contributed by atoms with E-state index < -0.39 is 0 Å². The maximum absolute atomic E-state index is 5.78. The number of pyridine rings is 1. The SMILES string of the molecule is c1cnc(NCc2ccnc(OC3CCOC3)c2)cn1. The summed E-state index contributed by atoms with van der Waals surface area (Å²) in [5.74, 6) is 1.38. The Morgan fingerprint density at radius 1 is 1.30 bits per heavy atom. The largest absolute Gasteiger partial charge is 0.472 e. The van der Waals surface area contributed by atoms with E-state index in [2.05, 4.69) is 20.3 Å². The van der Waals surface area contributed by atoms with E-state index in [9.17, 15) is 0 Å². The maximum atomic E-state index is 5.78. The zero-order valence-corrected chi connectivity index (χ0v) is 11.0. The van der Waals surface area contributed by atoms with Crippen molar-refractivity contribution in [3.63, 3.8) is 0 Å². The second-order valence-corrected chi connectivity index (χ2v) is 4.55. The van der Waals surface area contributed by atoms with Crippen LogP contribution in [0.15, 0.2) is 36.9 Å². The highest BCUT2D eigenvalue weighted by molar-refractivity contribution is 5.32. The zero-order chi connectivity index (χ0) is 13.6. The Bertz CT molecular complexity index is 544. The van der Waals surface area contributed by atoms with Gasteiger partial charge in [0.2, 0.25) is 5.88 Å². The Kier molecular flexibility index (Phi) is 4.03. The van der Waals surface area contributed by atoms with Crippen molar-refractivity contribution in [1.29, 1.82) is 0 Å². The molecule has 2 aromatic rings. The van der Waals surface area contributed by atoms with Gasteiger partial charge >= 0.3 is 0 Å². The van der Waals surface area contributed by atoms with Gasteiger partial charge in [-0.15, -0.1) is 0 Å². The molecule has 1 N–H and O–H groups in total. The Balaban J connectivity index is 1.59. The number of nitrogens with zero attached hydrogens (tertiary/aromatic N) is 3. The van der Waals surface area contributed by atoms with Crippen LogP contribution in [-0.4, -0.2) is 34.3 Å². The topological polar surface area (TPSA) is 69.2 Å². The molecule has 1 aliphatic rings. The molecule has 104 valence electrons. The van der Waals surface area contributed by atoms with Crippen LogP contribution in [0.3, 0.4) is 0 Å². The Hall–Kier alpha value is -2.21. The molecule has 3 heterocycles. The van der Waals surface area contributed by atoms with Crippen molar-refractivity contribution in [3.8, 4) is 5.88 Å². The highest BCUT2D eigenvalue weighted by atomic mass is 16.5. The molecule has 0 saturated carbocycles. The molecule has 1 atom stereocenters. The molecule has 6 nitrogen and oxygen atoms in total. The lowest BCUT2D eigenvalue weighted by Crippen LogP contribution is -2.16. The van der Waals surface area contributed by atoms with Crippen molar-refractivity contribution in [1.82, 2.24) is 15.0 Å². The van der Waals surface area contributed by atoms with Crippen molar-refractivity contribution >= 4 is 5.82 Å². The van der Waals surface area contributed by atoms with Gasteiger partial charge in [0.05, 0.1) is 19.4 Å². The number of aromatic nitrogens is 3. The number of ether oxygens (including phenoxy) is 2. The molecule has 20 heavy (non-hydrogen) atoms. The van der Waals surface area contributed by atoms with Crippen LogP contribution >= 0.6 is 0 Å². The van der Waals surface area contributed by atoms with Gasteiger partial charge in [0.25, 0.3) is 0 Å². The molecule has 0 amide bonds. The van der Waals surface area contributed by atoms with Gasteiger partial charge in [0, 0.05) is 37.6 Å². The molecular formula is C14H16N4O2. The minimum atomic E-state index is 0.116. The average molecular weight is 272 g/mol. The van der Waals surface area contributed by atoms with Crippen LogP contribution in [0.5, 0.6) is 5.88 Å². The third-order valence-electron chi connectivity index (χ3n) is 3.01. The minimum absolute atomic E-state index is 0.116. The van der Waals surface area contributed by atoms with E-state index in [-0.39, 0.29) is 6.10 Å². The lowest BCUT2D eigenvalue weighted by Gasteiger charge is -2.11. The molecule has 0 aromatic carbocycles. The summed E-state index contributed by atoms with van der Waals surface area (Å²) >= 11 is 0. The van der Waals surface area contributed by atoms with Gasteiger partial charge in [-0.05, 0) is 11.6 Å². The monoisotopic (exact) mass is 272 g/mol. The molecule has 0 bridgehead atoms. The standard InChI is InChI=1S/C14H16N4O2/c1-3-17-14(20-12-2-6-19-10-12)7-11(1)8-18-13-9-15-4-5-16-13/h1,3-5,7,9,12H,2,6,8,10H2,(H,16,18). The number of nitrogens with one attached hydrogen (secondary N) is 1. The molecule has 1 fully saturated rings. The first-order valence-electron chi connectivity index (χ1n) is 6.59. The Labute approximate surface area is 117 Å². The van der Waals surface area contributed by atoms with Gasteiger partial charge in [-0.25, -0.2) is 9.97 Å². The van der Waals surface area contributed by atoms with E-state index in [1.54, 1.807) is 24.8 Å². The van der Waals surface area contributed by atoms with Gasteiger partial charge in [0.15, 0.2) is 0 Å². The lowest BCUT2D eigenvalue weighted by molar-refractivity contribution is 0.138. The summed E-state index contributed by atoms with van der Waals surface area (Å²) in [7, 11) is 0. The number of anilines is 1. The van der Waals surface area contributed by atoms with Crippen LogP contribution in [0.1, 0.15) is 12.0 Å². The van der Waals surface area contributed by atoms with Crippen molar-refractivity contribution in [3.05, 3.63) is 42.5 Å². The molecular weight excluding hydrogens is 256 g/mol. The fourth-order valence-corrected chi connectivity index (χ4v) is 1.98. The predicted molar refractivity (Wildman–Crippen MR) is 73.4 cm³/mol. The maximum Gasteiger partial charge on any atom is 0.213 e. The number of hydrogen-bond acceptors (Lipinski definition) is 6. The fourth-order valence-electron chi connectivity index (χ4n) is 1.98. The first kappa shape index (κ1) is 12.8. The second-order valence-electron chi connectivity index (χ2n) is 4.55. The first-order valence-corrected chi connectivity index (χ1v) is 6.59. The number of rotatable bonds is 5. The van der Waals surface area contributed by atoms with E-state index in [0.29, 0.717) is 19.0 Å². The number of hydrogen-bond donors (Lipinski definition) is 1. The molecule has 6 heteroatoms. The third kappa shape index (κ3) is 3.42. The summed E-state index contributed by atoms with van der Waals surface area (Å²) < 4.78 is 11.1. The molecule has 0 aliphatic carbocycles. The van der Waals surface area contributed by atoms with E-state index >= 15 is 0 Å². The summed E-state index contributed by atoms with van der Waals surface area (Å²) in [6.45, 7) is 2.06. The van der Waals surface area contributed by atoms with E-state index in [0.717, 1.165) is 24.4 Å². The molecule has 1 saturated heterocycles. The van der Waals surface area contributed by atoms with E-state index in [4.69, 9.17) is 9.47 Å². The van der Waals surface area contributed by atoms with Crippen LogP contribution in [0.25, 0.3) is 0 Å². The van der Waals surface area contributed by atoms with Crippen molar-refractivity contribution in [2.24, 2.45) is 0 Å². The highest BCUT2D eigenvalue weighted by Gasteiger charge is 2.17. The Morgan fingerprint density at radius 3 is 3.10 bits per heavy atom. The lowest BCUT2D eigenvalue weighted by atomic mass is 10.2. The quantitative estimate of drug-likeness (QED) is 0.892. The fraction of sp³-hybridized carbons (Fsp3) is 0.357. The summed E-state index contributed by atoms with van der Waals surface area (Å²) in [5, 5.41) is 3.20. The van der Waals surface area contributed by atoms with Crippen LogP contribution in [-0.2, 0) is 11.3 Å². The van der Waals surface area contributed by atoms with Gasteiger partial charge in [0.1, 0.15) is 11.9 Å². The minimum Gasteiger partial charge on any atom is -0.472 e. The molecule has 0 radical (unpaired) electrons. The molecule has 2 aromatic heterocycles. The van der Waals surface area contributed by atoms with Crippen molar-refractivity contribution in [2.75, 3.05) is 18.5 Å². The highest BCUT2D eigenvalue weighted by Crippen LogP contribution is 2.16. The second kappa shape index (κ2) is 6.29. The van der Waals surface area contributed by atoms with Gasteiger partial charge in [-0.2, -0.15) is 0 Å². The zero-order valence-electron chi connectivity index (χ0n) is 11.0. The predicted octanol–water partition coefficient (Wildman–Crippen LogP) is 1.65. The van der Waals surface area contributed by atoms with Crippen LogP contribution in [0.2, 0.25) is 0 Å². The van der Waals surface area contributed by atoms with Crippen LogP contribution in [0.4, 0.5) is 5.82 Å². The third-order valence-corrected chi connectivity index (χ3v) is 3.01. The van der Waals surface area contributed by atoms with Crippen LogP contribution in [0, 0.1) is 0 Å². The Morgan fingerprint density at radius 2 is 2.30 bits per heavy atom. The van der Waals surface area contributed by atoms with Crippen molar-refractivity contribution < 1.29 is 9.47 Å². The van der Waals surface area contributed by atoms with Gasteiger partial charge < -0.3 is 14.8 Å². The van der Waals surface area contributed by atoms with Crippen LogP contribution < -0.4 is 10.1 Å². The smallest absolute Gasteiger partial charge is 0.213 e. The first-order chi connectivity index (χ1) is 9.90. The molecule has 3 rings (SSSR count). The summed E-state index contributed by atoms with van der Waals surface area (Å²) in [6.07, 6.45) is 7.78. The van der Waals surface area contributed by atoms with Gasteiger partial charge in [-0.3, -0.25) is 4.98 Å². The van der Waals surface area contributed by atoms with E-state index in [1.165, 1.54) is 0 Å². The normalized spacial score (nSPS) is 17.9. The summed E-state index contributed by atoms with van der Waals surface area (Å²) in [5.41, 5.74) is 1.08. The summed E-state index contributed by atoms with van der Waals surface area (Å²) in [6, 6.07) is 3.88.